The van der Waals surface area contributed by atoms with E-state index in [-0.39, 0.29) is 17.2 Å². The Hall–Kier alpha value is -3.32. The fourth-order valence-corrected chi connectivity index (χ4v) is 4.06. The predicted octanol–water partition coefficient (Wildman–Crippen LogP) is 4.08. The lowest BCUT2D eigenvalue weighted by atomic mass is 9.88. The summed E-state index contributed by atoms with van der Waals surface area (Å²) in [6.45, 7) is 3.39. The van der Waals surface area contributed by atoms with E-state index in [9.17, 15) is 13.6 Å². The molecule has 1 N–H and O–H groups in total. The molecule has 0 saturated carbocycles. The van der Waals surface area contributed by atoms with Gasteiger partial charge in [0, 0.05) is 45.5 Å². The number of benzene rings is 2. The molecule has 0 unspecified atom stereocenters. The fourth-order valence-electron chi connectivity index (χ4n) is 4.06. The number of hydrogen-bond acceptors (Lipinski definition) is 4. The lowest BCUT2D eigenvalue weighted by Gasteiger charge is -2.31. The second-order valence-electron chi connectivity index (χ2n) is 8.01. The van der Waals surface area contributed by atoms with Crippen LogP contribution in [0.2, 0.25) is 0 Å². The van der Waals surface area contributed by atoms with Crippen LogP contribution in [0.15, 0.2) is 71.2 Å². The molecular weight excluding hydrogens is 410 g/mol. The van der Waals surface area contributed by atoms with Crippen LogP contribution in [0.5, 0.6) is 0 Å². The Labute approximate surface area is 186 Å². The van der Waals surface area contributed by atoms with Crippen molar-refractivity contribution in [2.75, 3.05) is 38.1 Å². The van der Waals surface area contributed by atoms with Gasteiger partial charge in [0.15, 0.2) is 0 Å². The van der Waals surface area contributed by atoms with Gasteiger partial charge in [-0.3, -0.25) is 9.78 Å². The number of likely N-dealkylation sites (tertiary alicyclic amines) is 1. The lowest BCUT2D eigenvalue weighted by Crippen LogP contribution is -2.38. The first-order valence-corrected chi connectivity index (χ1v) is 10.7. The highest BCUT2D eigenvalue weighted by Gasteiger charge is 2.19. The zero-order chi connectivity index (χ0) is 22.5. The zero-order valence-corrected chi connectivity index (χ0v) is 18.0. The van der Waals surface area contributed by atoms with Crippen LogP contribution in [-0.4, -0.2) is 48.1 Å². The molecule has 1 aromatic heterocycles. The molecule has 0 atom stereocenters. The number of nitrogens with zero attached hydrogens (tertiary/aromatic N) is 3. The summed E-state index contributed by atoms with van der Waals surface area (Å²) >= 11 is 0. The molecule has 4 rings (SSSR count). The molecule has 3 aromatic rings. The number of H-pyrrole nitrogens is 1. The highest BCUT2D eigenvalue weighted by molar-refractivity contribution is 5.82. The Morgan fingerprint density at radius 3 is 2.06 bits per heavy atom. The second kappa shape index (κ2) is 9.87. The Bertz CT molecular complexity index is 1080. The quantitative estimate of drug-likeness (QED) is 0.633. The fraction of sp³-hybridized carbons (Fsp3) is 0.280. The van der Waals surface area contributed by atoms with E-state index in [2.05, 4.69) is 14.9 Å². The van der Waals surface area contributed by atoms with Crippen molar-refractivity contribution < 1.29 is 8.78 Å². The van der Waals surface area contributed by atoms with Gasteiger partial charge in [-0.2, -0.15) is 0 Å². The highest BCUT2D eigenvalue weighted by Crippen LogP contribution is 2.32. The molecule has 2 heterocycles. The van der Waals surface area contributed by atoms with E-state index < -0.39 is 0 Å². The van der Waals surface area contributed by atoms with Crippen LogP contribution in [0.4, 0.5) is 14.7 Å². The van der Waals surface area contributed by atoms with Gasteiger partial charge in [-0.15, -0.1) is 0 Å². The van der Waals surface area contributed by atoms with Crippen molar-refractivity contribution in [2.24, 2.45) is 0 Å². The Morgan fingerprint density at radius 1 is 0.969 bits per heavy atom. The molecule has 0 aliphatic carbocycles. The number of piperidine rings is 1. The van der Waals surface area contributed by atoms with Gasteiger partial charge in [0.25, 0.3) is 5.56 Å². The third-order valence-electron chi connectivity index (χ3n) is 5.85. The molecule has 32 heavy (non-hydrogen) atoms. The van der Waals surface area contributed by atoms with Gasteiger partial charge in [-0.1, -0.05) is 29.8 Å². The number of halogens is 2. The molecule has 0 spiro atoms. The van der Waals surface area contributed by atoms with E-state index >= 15 is 0 Å². The summed E-state index contributed by atoms with van der Waals surface area (Å²) in [6.07, 6.45) is 3.28. The van der Waals surface area contributed by atoms with Crippen LogP contribution in [-0.2, 0) is 0 Å². The van der Waals surface area contributed by atoms with Gasteiger partial charge in [0.1, 0.15) is 11.6 Å². The smallest absolute Gasteiger partial charge is 0.252 e. The molecule has 1 aliphatic heterocycles. The van der Waals surface area contributed by atoms with Crippen molar-refractivity contribution in [1.82, 2.24) is 14.9 Å². The maximum absolute atomic E-state index is 13.5. The number of anilines is 1. The molecule has 0 amide bonds. The summed E-state index contributed by atoms with van der Waals surface area (Å²) in [4.78, 5) is 22.8. The number of hydrogen-bond donors (Lipinski definition) is 1. The van der Waals surface area contributed by atoms with Crippen LogP contribution in [0.25, 0.3) is 5.57 Å². The van der Waals surface area contributed by atoms with Crippen molar-refractivity contribution in [3.05, 3.63) is 99.5 Å². The molecule has 7 heteroatoms. The molecule has 1 aliphatic rings. The minimum atomic E-state index is -0.273. The molecule has 0 radical (unpaired) electrons. The van der Waals surface area contributed by atoms with Crippen molar-refractivity contribution in [1.29, 1.82) is 0 Å². The average molecular weight is 437 g/mol. The standard InChI is InChI=1S/C25H26F2N4O/c1-30(25-28-13-10-23(32)29-25)16-17-31-14-11-20(12-15-31)24(18-2-6-21(26)7-3-18)19-4-8-22(27)9-5-19/h2-10,13H,11-12,14-17H2,1H3,(H,28,29,32). The van der Waals surface area contributed by atoms with Gasteiger partial charge in [-0.05, 0) is 53.8 Å². The summed E-state index contributed by atoms with van der Waals surface area (Å²) in [6, 6.07) is 14.4. The normalized spacial score (nSPS) is 14.4. The third-order valence-corrected chi connectivity index (χ3v) is 5.85. The van der Waals surface area contributed by atoms with Crippen LogP contribution in [0.1, 0.15) is 24.0 Å². The largest absolute Gasteiger partial charge is 0.344 e. The Morgan fingerprint density at radius 2 is 1.53 bits per heavy atom. The van der Waals surface area contributed by atoms with Crippen LogP contribution < -0.4 is 10.5 Å². The summed E-state index contributed by atoms with van der Waals surface area (Å²) in [5.74, 6) is 0.0146. The van der Waals surface area contributed by atoms with Gasteiger partial charge in [0.05, 0.1) is 0 Å². The summed E-state index contributed by atoms with van der Waals surface area (Å²) in [5.41, 5.74) is 4.08. The summed E-state index contributed by atoms with van der Waals surface area (Å²) in [5, 5.41) is 0. The third kappa shape index (κ3) is 5.29. The van der Waals surface area contributed by atoms with Gasteiger partial charge < -0.3 is 9.80 Å². The maximum Gasteiger partial charge on any atom is 0.252 e. The van der Waals surface area contributed by atoms with E-state index in [0.717, 1.165) is 55.7 Å². The zero-order valence-electron chi connectivity index (χ0n) is 18.0. The molecule has 1 saturated heterocycles. The van der Waals surface area contributed by atoms with E-state index in [1.807, 2.05) is 11.9 Å². The molecular formula is C25H26F2N4O. The second-order valence-corrected chi connectivity index (χ2v) is 8.01. The first-order chi connectivity index (χ1) is 15.5. The molecule has 166 valence electrons. The molecule has 1 fully saturated rings. The number of aromatic nitrogens is 2. The Kier molecular flexibility index (Phi) is 6.75. The van der Waals surface area contributed by atoms with E-state index in [4.69, 9.17) is 0 Å². The molecule has 0 bridgehead atoms. The average Bonchev–Trinajstić information content (AvgIpc) is 2.81. The number of aromatic amines is 1. The van der Waals surface area contributed by atoms with Crippen molar-refractivity contribution in [2.45, 2.75) is 12.8 Å². The summed E-state index contributed by atoms with van der Waals surface area (Å²) < 4.78 is 27.0. The number of likely N-dealkylation sites (N-methyl/N-ethyl adjacent to an activating group) is 1. The predicted molar refractivity (Wildman–Crippen MR) is 123 cm³/mol. The highest BCUT2D eigenvalue weighted by atomic mass is 19.1. The van der Waals surface area contributed by atoms with Crippen molar-refractivity contribution >= 4 is 11.5 Å². The van der Waals surface area contributed by atoms with Crippen LogP contribution in [0, 0.1) is 11.6 Å². The minimum absolute atomic E-state index is 0.163. The maximum atomic E-state index is 13.5. The van der Waals surface area contributed by atoms with Gasteiger partial charge in [-0.25, -0.2) is 13.8 Å². The van der Waals surface area contributed by atoms with Crippen LogP contribution >= 0.6 is 0 Å². The topological polar surface area (TPSA) is 52.2 Å². The first kappa shape index (κ1) is 21.9. The minimum Gasteiger partial charge on any atom is -0.344 e. The summed E-state index contributed by atoms with van der Waals surface area (Å²) in [7, 11) is 1.91. The van der Waals surface area contributed by atoms with Gasteiger partial charge in [0.2, 0.25) is 5.95 Å². The first-order valence-electron chi connectivity index (χ1n) is 10.7. The number of rotatable bonds is 6. The lowest BCUT2D eigenvalue weighted by molar-refractivity contribution is 0.262. The van der Waals surface area contributed by atoms with E-state index in [1.165, 1.54) is 42.1 Å². The van der Waals surface area contributed by atoms with E-state index in [1.54, 1.807) is 24.3 Å². The van der Waals surface area contributed by atoms with E-state index in [0.29, 0.717) is 5.95 Å². The monoisotopic (exact) mass is 436 g/mol. The Balaban J connectivity index is 1.47. The van der Waals surface area contributed by atoms with Gasteiger partial charge >= 0.3 is 0 Å². The molecule has 2 aromatic carbocycles. The SMILES string of the molecule is CN(CCN1CCC(=C(c2ccc(F)cc2)c2ccc(F)cc2)CC1)c1nccc(=O)[nH]1. The number of nitrogens with one attached hydrogen (secondary N) is 1. The van der Waals surface area contributed by atoms with Crippen molar-refractivity contribution in [3.63, 3.8) is 0 Å². The van der Waals surface area contributed by atoms with Crippen molar-refractivity contribution in [3.8, 4) is 0 Å². The molecule has 5 nitrogen and oxygen atoms in total. The van der Waals surface area contributed by atoms with Crippen LogP contribution in [0.3, 0.4) is 0 Å².